The van der Waals surface area contributed by atoms with Gasteiger partial charge in [0.25, 0.3) is 0 Å². The van der Waals surface area contributed by atoms with E-state index in [2.05, 4.69) is 21.2 Å². The van der Waals surface area contributed by atoms with Crippen molar-refractivity contribution in [3.8, 4) is 0 Å². The normalized spacial score (nSPS) is 10.8. The van der Waals surface area contributed by atoms with Gasteiger partial charge < -0.3 is 15.5 Å². The highest BCUT2D eigenvalue weighted by Crippen LogP contribution is 2.19. The molecule has 1 aromatic carbocycles. The molecular formula is C12H16BrFN2O3. The highest BCUT2D eigenvalue weighted by Gasteiger charge is 2.12. The van der Waals surface area contributed by atoms with E-state index in [1.54, 1.807) is 11.0 Å². The van der Waals surface area contributed by atoms with Crippen molar-refractivity contribution in [3.63, 3.8) is 0 Å². The maximum Gasteiger partial charge on any atom is 0.238 e. The number of nitrogens with one attached hydrogen (secondary N) is 1. The third-order valence-corrected chi connectivity index (χ3v) is 2.90. The van der Waals surface area contributed by atoms with Gasteiger partial charge in [0.05, 0.1) is 25.4 Å². The number of benzene rings is 1. The lowest BCUT2D eigenvalue weighted by molar-refractivity contribution is -0.117. The van der Waals surface area contributed by atoms with E-state index in [0.717, 1.165) is 0 Å². The maximum atomic E-state index is 13.5. The number of anilines is 1. The van der Waals surface area contributed by atoms with Crippen molar-refractivity contribution in [2.75, 3.05) is 38.2 Å². The van der Waals surface area contributed by atoms with Gasteiger partial charge in [0.15, 0.2) is 0 Å². The van der Waals surface area contributed by atoms with Gasteiger partial charge in [-0.3, -0.25) is 9.69 Å². The van der Waals surface area contributed by atoms with Crippen LogP contribution in [0.3, 0.4) is 0 Å². The highest BCUT2D eigenvalue weighted by molar-refractivity contribution is 9.10. The summed E-state index contributed by atoms with van der Waals surface area (Å²) in [5, 5.41) is 20.1. The largest absolute Gasteiger partial charge is 0.395 e. The molecule has 0 saturated heterocycles. The molecule has 0 spiro atoms. The van der Waals surface area contributed by atoms with Gasteiger partial charge in [0, 0.05) is 17.6 Å². The molecule has 1 rings (SSSR count). The van der Waals surface area contributed by atoms with Crippen LogP contribution in [0.25, 0.3) is 0 Å². The van der Waals surface area contributed by atoms with Crippen LogP contribution in [-0.4, -0.2) is 53.9 Å². The standard InChI is InChI=1S/C12H16BrFN2O3/c13-9-1-2-11(10(14)7-9)15-12(19)8-16(3-5-17)4-6-18/h1-2,7,17-18H,3-6,8H2,(H,15,19). The van der Waals surface area contributed by atoms with Gasteiger partial charge in [-0.2, -0.15) is 0 Å². The molecule has 1 aromatic rings. The first-order chi connectivity index (χ1) is 9.06. The van der Waals surface area contributed by atoms with E-state index >= 15 is 0 Å². The molecule has 0 unspecified atom stereocenters. The van der Waals surface area contributed by atoms with Crippen LogP contribution in [0.1, 0.15) is 0 Å². The van der Waals surface area contributed by atoms with Crippen LogP contribution in [0.2, 0.25) is 0 Å². The fourth-order valence-corrected chi connectivity index (χ4v) is 1.87. The Balaban J connectivity index is 2.58. The second-order valence-electron chi connectivity index (χ2n) is 3.90. The van der Waals surface area contributed by atoms with Gasteiger partial charge >= 0.3 is 0 Å². The predicted octanol–water partition coefficient (Wildman–Crippen LogP) is 0.813. The molecule has 106 valence electrons. The Hall–Kier alpha value is -1.02. The molecule has 5 nitrogen and oxygen atoms in total. The molecule has 0 aliphatic rings. The number of aliphatic hydroxyl groups excluding tert-OH is 2. The molecule has 0 aliphatic carbocycles. The average Bonchev–Trinajstić information content (AvgIpc) is 2.33. The molecule has 0 radical (unpaired) electrons. The minimum atomic E-state index is -0.529. The number of amides is 1. The Morgan fingerprint density at radius 2 is 1.95 bits per heavy atom. The minimum absolute atomic E-state index is 0.0172. The summed E-state index contributed by atoms with van der Waals surface area (Å²) in [7, 11) is 0. The van der Waals surface area contributed by atoms with E-state index in [9.17, 15) is 9.18 Å². The Labute approximate surface area is 119 Å². The van der Waals surface area contributed by atoms with Crippen LogP contribution in [-0.2, 0) is 4.79 Å². The number of nitrogens with zero attached hydrogens (tertiary/aromatic N) is 1. The van der Waals surface area contributed by atoms with Gasteiger partial charge in [-0.25, -0.2) is 4.39 Å². The Bertz CT molecular complexity index is 425. The lowest BCUT2D eigenvalue weighted by atomic mass is 10.3. The smallest absolute Gasteiger partial charge is 0.238 e. The predicted molar refractivity (Wildman–Crippen MR) is 73.3 cm³/mol. The first kappa shape index (κ1) is 16.0. The molecule has 0 heterocycles. The molecule has 1 amide bonds. The van der Waals surface area contributed by atoms with Crippen LogP contribution >= 0.6 is 15.9 Å². The van der Waals surface area contributed by atoms with Gasteiger partial charge in [-0.15, -0.1) is 0 Å². The fourth-order valence-electron chi connectivity index (χ4n) is 1.54. The summed E-state index contributed by atoms with van der Waals surface area (Å²) in [6, 6.07) is 4.34. The van der Waals surface area contributed by atoms with E-state index in [1.807, 2.05) is 0 Å². The van der Waals surface area contributed by atoms with E-state index in [4.69, 9.17) is 10.2 Å². The van der Waals surface area contributed by atoms with Gasteiger partial charge in [-0.1, -0.05) is 15.9 Å². The van der Waals surface area contributed by atoms with E-state index in [-0.39, 0.29) is 38.5 Å². The molecule has 0 bridgehead atoms. The van der Waals surface area contributed by atoms with Crippen LogP contribution in [0.4, 0.5) is 10.1 Å². The monoisotopic (exact) mass is 334 g/mol. The molecular weight excluding hydrogens is 319 g/mol. The van der Waals surface area contributed by atoms with E-state index in [1.165, 1.54) is 12.1 Å². The topological polar surface area (TPSA) is 72.8 Å². The molecule has 0 aromatic heterocycles. The summed E-state index contributed by atoms with van der Waals surface area (Å²) < 4.78 is 14.1. The van der Waals surface area contributed by atoms with Crippen molar-refractivity contribution in [2.45, 2.75) is 0 Å². The first-order valence-corrected chi connectivity index (χ1v) is 6.55. The Morgan fingerprint density at radius 1 is 1.32 bits per heavy atom. The van der Waals surface area contributed by atoms with Crippen LogP contribution in [0.15, 0.2) is 22.7 Å². The molecule has 0 aliphatic heterocycles. The summed E-state index contributed by atoms with van der Waals surface area (Å²) >= 11 is 3.13. The molecule has 0 atom stereocenters. The van der Waals surface area contributed by atoms with Crippen molar-refractivity contribution in [1.29, 1.82) is 0 Å². The number of carbonyl (C=O) groups excluding carboxylic acids is 1. The average molecular weight is 335 g/mol. The molecule has 0 fully saturated rings. The van der Waals surface area contributed by atoms with Gasteiger partial charge in [0.1, 0.15) is 5.82 Å². The summed E-state index contributed by atoms with van der Waals surface area (Å²) in [5.41, 5.74) is 0.0983. The summed E-state index contributed by atoms with van der Waals surface area (Å²) in [6.07, 6.45) is 0. The SMILES string of the molecule is O=C(CN(CCO)CCO)Nc1ccc(Br)cc1F. The van der Waals surface area contributed by atoms with Crippen molar-refractivity contribution < 1.29 is 19.4 Å². The summed E-state index contributed by atoms with van der Waals surface area (Å²) in [6.45, 7) is 0.310. The fraction of sp³-hybridized carbons (Fsp3) is 0.417. The number of hydrogen-bond acceptors (Lipinski definition) is 4. The second kappa shape index (κ2) is 8.21. The summed E-state index contributed by atoms with van der Waals surface area (Å²) in [4.78, 5) is 13.3. The zero-order valence-corrected chi connectivity index (χ0v) is 11.9. The maximum absolute atomic E-state index is 13.5. The quantitative estimate of drug-likeness (QED) is 0.690. The first-order valence-electron chi connectivity index (χ1n) is 5.75. The highest BCUT2D eigenvalue weighted by atomic mass is 79.9. The lowest BCUT2D eigenvalue weighted by Crippen LogP contribution is -2.37. The van der Waals surface area contributed by atoms with Crippen LogP contribution in [0.5, 0.6) is 0 Å². The van der Waals surface area contributed by atoms with Crippen LogP contribution in [0, 0.1) is 5.82 Å². The third-order valence-electron chi connectivity index (χ3n) is 2.40. The number of hydrogen-bond donors (Lipinski definition) is 3. The van der Waals surface area contributed by atoms with E-state index < -0.39 is 11.7 Å². The third kappa shape index (κ3) is 5.65. The van der Waals surface area contributed by atoms with Crippen LogP contribution < -0.4 is 5.32 Å². The van der Waals surface area contributed by atoms with E-state index in [0.29, 0.717) is 4.47 Å². The summed E-state index contributed by atoms with van der Waals surface area (Å²) in [5.74, 6) is -0.929. The lowest BCUT2D eigenvalue weighted by Gasteiger charge is -2.19. The number of aliphatic hydroxyl groups is 2. The minimum Gasteiger partial charge on any atom is -0.395 e. The molecule has 19 heavy (non-hydrogen) atoms. The van der Waals surface area contributed by atoms with Crippen molar-refractivity contribution in [1.82, 2.24) is 4.90 Å². The van der Waals surface area contributed by atoms with Crippen molar-refractivity contribution in [3.05, 3.63) is 28.5 Å². The van der Waals surface area contributed by atoms with Gasteiger partial charge in [0.2, 0.25) is 5.91 Å². The van der Waals surface area contributed by atoms with Crippen molar-refractivity contribution >= 4 is 27.5 Å². The number of rotatable bonds is 7. The molecule has 0 saturated carbocycles. The Kier molecular flexibility index (Phi) is 6.93. The van der Waals surface area contributed by atoms with Gasteiger partial charge in [-0.05, 0) is 18.2 Å². The molecule has 7 heteroatoms. The second-order valence-corrected chi connectivity index (χ2v) is 4.81. The number of carbonyl (C=O) groups is 1. The molecule has 3 N–H and O–H groups in total. The Morgan fingerprint density at radius 3 is 2.47 bits per heavy atom. The zero-order chi connectivity index (χ0) is 14.3. The zero-order valence-electron chi connectivity index (χ0n) is 10.3. The number of halogens is 2. The van der Waals surface area contributed by atoms with Crippen molar-refractivity contribution in [2.24, 2.45) is 0 Å².